The first-order valence-corrected chi connectivity index (χ1v) is 10.7. The Kier molecular flexibility index (Phi) is 8.35. The Bertz CT molecular complexity index is 1060. The lowest BCUT2D eigenvalue weighted by molar-refractivity contribution is -0.132. The average Bonchev–Trinajstić information content (AvgIpc) is 2.81. The van der Waals surface area contributed by atoms with Crippen LogP contribution < -0.4 is 15.8 Å². The van der Waals surface area contributed by atoms with E-state index in [9.17, 15) is 27.6 Å². The molecule has 0 aliphatic carbocycles. The highest BCUT2D eigenvalue weighted by Gasteiger charge is 2.26. The van der Waals surface area contributed by atoms with Crippen LogP contribution in [0.25, 0.3) is 0 Å². The highest BCUT2D eigenvalue weighted by molar-refractivity contribution is 6.30. The van der Waals surface area contributed by atoms with Gasteiger partial charge in [0.05, 0.1) is 6.54 Å². The lowest BCUT2D eigenvalue weighted by Gasteiger charge is -2.36. The van der Waals surface area contributed by atoms with E-state index in [1.54, 1.807) is 40.0 Å². The summed E-state index contributed by atoms with van der Waals surface area (Å²) >= 11 is 6.11. The quantitative estimate of drug-likeness (QED) is 0.622. The van der Waals surface area contributed by atoms with E-state index >= 15 is 0 Å². The molecule has 1 aliphatic rings. The Morgan fingerprint density at radius 1 is 1.06 bits per heavy atom. The van der Waals surface area contributed by atoms with Crippen LogP contribution in [-0.4, -0.2) is 67.3 Å². The van der Waals surface area contributed by atoms with Crippen molar-refractivity contribution >= 4 is 35.1 Å². The summed E-state index contributed by atoms with van der Waals surface area (Å²) in [7, 11) is 1.96. The first-order valence-electron chi connectivity index (χ1n) is 10.3. The van der Waals surface area contributed by atoms with Gasteiger partial charge >= 0.3 is 18.4 Å². The Labute approximate surface area is 199 Å². The summed E-state index contributed by atoms with van der Waals surface area (Å²) in [6.07, 6.45) is -3.31. The maximum atomic E-state index is 14.9. The number of carbonyl (C=O) groups excluding carboxylic acids is 3. The second-order valence-electron chi connectivity index (χ2n) is 7.69. The molecule has 1 fully saturated rings. The standard InChI is InChI=1S/C22H23ClF3N5O3/c1-29-7-9-30(10-8-29)22(34)31(17-4-2-3-16(23)12-17)13-15-6-5-14(11-18(15)24)20(32)27-28-21(33)19(25)26/h2-6,11-12,19H,7-10,13H2,1H3,(H,27,32)(H,28,33). The van der Waals surface area contributed by atoms with Crippen LogP contribution in [0.5, 0.6) is 0 Å². The third-order valence-corrected chi connectivity index (χ3v) is 5.50. The lowest BCUT2D eigenvalue weighted by atomic mass is 10.1. The van der Waals surface area contributed by atoms with Crippen molar-refractivity contribution in [3.63, 3.8) is 0 Å². The Hall–Kier alpha value is -3.31. The van der Waals surface area contributed by atoms with Crippen molar-refractivity contribution in [1.82, 2.24) is 20.7 Å². The van der Waals surface area contributed by atoms with E-state index in [4.69, 9.17) is 11.6 Å². The van der Waals surface area contributed by atoms with Crippen molar-refractivity contribution in [3.8, 4) is 0 Å². The summed E-state index contributed by atoms with van der Waals surface area (Å²) in [5.41, 5.74) is 3.73. The normalized spacial score (nSPS) is 14.1. The molecule has 12 heteroatoms. The van der Waals surface area contributed by atoms with Gasteiger partial charge < -0.3 is 9.80 Å². The fourth-order valence-corrected chi connectivity index (χ4v) is 3.50. The van der Waals surface area contributed by atoms with Crippen LogP contribution in [-0.2, 0) is 11.3 Å². The summed E-state index contributed by atoms with van der Waals surface area (Å²) in [6.45, 7) is 2.29. The molecule has 1 aliphatic heterocycles. The number of halogens is 4. The maximum absolute atomic E-state index is 14.9. The van der Waals surface area contributed by atoms with E-state index in [-0.39, 0.29) is 23.7 Å². The van der Waals surface area contributed by atoms with Crippen LogP contribution in [0.4, 0.5) is 23.7 Å². The number of rotatable bonds is 5. The first kappa shape index (κ1) is 25.3. The molecular formula is C22H23ClF3N5O3. The van der Waals surface area contributed by atoms with Crippen LogP contribution in [0.1, 0.15) is 15.9 Å². The van der Waals surface area contributed by atoms with Gasteiger partial charge in [-0.05, 0) is 37.4 Å². The third kappa shape index (κ3) is 6.39. The van der Waals surface area contributed by atoms with E-state index in [0.29, 0.717) is 36.9 Å². The van der Waals surface area contributed by atoms with Gasteiger partial charge in [0.25, 0.3) is 5.91 Å². The first-order chi connectivity index (χ1) is 16.2. The number of hydrogen-bond acceptors (Lipinski definition) is 4. The van der Waals surface area contributed by atoms with Crippen molar-refractivity contribution in [3.05, 3.63) is 64.4 Å². The van der Waals surface area contributed by atoms with E-state index < -0.39 is 24.1 Å². The van der Waals surface area contributed by atoms with E-state index in [1.807, 2.05) is 7.05 Å². The molecule has 0 spiro atoms. The van der Waals surface area contributed by atoms with Gasteiger partial charge in [-0.25, -0.2) is 9.18 Å². The number of hydrazine groups is 1. The average molecular weight is 498 g/mol. The number of benzene rings is 2. The zero-order valence-electron chi connectivity index (χ0n) is 18.2. The molecule has 2 aromatic carbocycles. The maximum Gasteiger partial charge on any atom is 0.324 e. The Morgan fingerprint density at radius 3 is 2.38 bits per heavy atom. The second kappa shape index (κ2) is 11.2. The minimum absolute atomic E-state index is 0.121. The zero-order chi connectivity index (χ0) is 24.8. The number of amides is 4. The molecule has 0 atom stereocenters. The molecule has 2 N–H and O–H groups in total. The molecule has 0 radical (unpaired) electrons. The largest absolute Gasteiger partial charge is 0.324 e. The van der Waals surface area contributed by atoms with Crippen LogP contribution in [0, 0.1) is 5.82 Å². The summed E-state index contributed by atoms with van der Waals surface area (Å²) < 4.78 is 39.3. The third-order valence-electron chi connectivity index (χ3n) is 5.27. The molecule has 1 heterocycles. The highest BCUT2D eigenvalue weighted by atomic mass is 35.5. The Balaban J connectivity index is 1.80. The van der Waals surface area contributed by atoms with Crippen LogP contribution >= 0.6 is 11.6 Å². The molecule has 1 saturated heterocycles. The van der Waals surface area contributed by atoms with Crippen molar-refractivity contribution in [2.24, 2.45) is 0 Å². The SMILES string of the molecule is CN1CCN(C(=O)N(Cc2ccc(C(=O)NNC(=O)C(F)F)cc2F)c2cccc(Cl)c2)CC1. The molecule has 0 saturated carbocycles. The summed E-state index contributed by atoms with van der Waals surface area (Å²) in [5.74, 6) is -3.45. The Morgan fingerprint density at radius 2 is 1.76 bits per heavy atom. The van der Waals surface area contributed by atoms with Crippen molar-refractivity contribution < 1.29 is 27.6 Å². The molecule has 4 amide bonds. The number of carbonyl (C=O) groups is 3. The van der Waals surface area contributed by atoms with Crippen molar-refractivity contribution in [2.75, 3.05) is 38.1 Å². The zero-order valence-corrected chi connectivity index (χ0v) is 19.0. The van der Waals surface area contributed by atoms with Crippen LogP contribution in [0.3, 0.4) is 0 Å². The van der Waals surface area contributed by atoms with Crippen molar-refractivity contribution in [1.29, 1.82) is 0 Å². The molecule has 0 bridgehead atoms. The second-order valence-corrected chi connectivity index (χ2v) is 8.13. The molecule has 2 aromatic rings. The topological polar surface area (TPSA) is 85.0 Å². The van der Waals surface area contributed by atoms with Gasteiger partial charge in [-0.15, -0.1) is 0 Å². The number of alkyl halides is 2. The predicted molar refractivity (Wildman–Crippen MR) is 120 cm³/mol. The van der Waals surface area contributed by atoms with Gasteiger partial charge in [0, 0.05) is 48.0 Å². The number of likely N-dealkylation sites (N-methyl/N-ethyl adjacent to an activating group) is 1. The molecule has 34 heavy (non-hydrogen) atoms. The number of urea groups is 1. The number of nitrogens with one attached hydrogen (secondary N) is 2. The lowest BCUT2D eigenvalue weighted by Crippen LogP contribution is -2.52. The molecule has 0 unspecified atom stereocenters. The van der Waals surface area contributed by atoms with Gasteiger partial charge in [-0.2, -0.15) is 8.78 Å². The summed E-state index contributed by atoms with van der Waals surface area (Å²) in [6, 6.07) is 9.78. The summed E-state index contributed by atoms with van der Waals surface area (Å²) in [4.78, 5) is 41.4. The van der Waals surface area contributed by atoms with E-state index in [0.717, 1.165) is 6.07 Å². The van der Waals surface area contributed by atoms with Gasteiger partial charge in [0.2, 0.25) is 0 Å². The number of hydrogen-bond donors (Lipinski definition) is 2. The number of piperazine rings is 1. The molecule has 3 rings (SSSR count). The van der Waals surface area contributed by atoms with Crippen molar-refractivity contribution in [2.45, 2.75) is 13.0 Å². The van der Waals surface area contributed by atoms with Gasteiger partial charge in [-0.3, -0.25) is 25.3 Å². The summed E-state index contributed by atoms with van der Waals surface area (Å²) in [5, 5.41) is 0.409. The minimum Gasteiger partial charge on any atom is -0.322 e. The van der Waals surface area contributed by atoms with Crippen LogP contribution in [0.2, 0.25) is 5.02 Å². The fourth-order valence-electron chi connectivity index (χ4n) is 3.31. The van der Waals surface area contributed by atoms with Crippen LogP contribution in [0.15, 0.2) is 42.5 Å². The molecule has 182 valence electrons. The number of nitrogens with zero attached hydrogens (tertiary/aromatic N) is 3. The molecule has 0 aromatic heterocycles. The van der Waals surface area contributed by atoms with E-state index in [1.165, 1.54) is 17.0 Å². The van der Waals surface area contributed by atoms with E-state index in [2.05, 4.69) is 4.90 Å². The van der Waals surface area contributed by atoms with Gasteiger partial charge in [0.1, 0.15) is 5.82 Å². The van der Waals surface area contributed by atoms with Gasteiger partial charge in [0.15, 0.2) is 0 Å². The molecule has 8 nitrogen and oxygen atoms in total. The fraction of sp³-hybridized carbons (Fsp3) is 0.318. The monoisotopic (exact) mass is 497 g/mol. The minimum atomic E-state index is -3.31. The predicted octanol–water partition coefficient (Wildman–Crippen LogP) is 2.88. The highest BCUT2D eigenvalue weighted by Crippen LogP contribution is 2.24. The van der Waals surface area contributed by atoms with Gasteiger partial charge in [-0.1, -0.05) is 23.7 Å². The molecular weight excluding hydrogens is 475 g/mol. The number of anilines is 1. The smallest absolute Gasteiger partial charge is 0.322 e.